The maximum Gasteiger partial charge on any atom is 0.314 e. The van der Waals surface area contributed by atoms with Gasteiger partial charge < -0.3 is 20.3 Å². The van der Waals surface area contributed by atoms with Crippen molar-refractivity contribution in [2.24, 2.45) is 0 Å². The molecule has 11 nitrogen and oxygen atoms in total. The number of nitrogens with one attached hydrogen (secondary N) is 1. The Hall–Kier alpha value is -3.06. The van der Waals surface area contributed by atoms with Crippen molar-refractivity contribution in [2.75, 3.05) is 38.5 Å². The van der Waals surface area contributed by atoms with Crippen LogP contribution in [0.25, 0.3) is 11.2 Å². The number of aliphatic hydroxyl groups is 1. The number of β-amino-alcohol motifs (C(OH)–C–C–N with tert-alkyl or cyclic N) is 1. The zero-order valence-corrected chi connectivity index (χ0v) is 19.4. The van der Waals surface area contributed by atoms with Gasteiger partial charge in [0.05, 0.1) is 12.4 Å². The summed E-state index contributed by atoms with van der Waals surface area (Å²) in [7, 11) is 0. The molecule has 1 atom stereocenters. The lowest BCUT2D eigenvalue weighted by Crippen LogP contribution is -2.48. The first-order valence-corrected chi connectivity index (χ1v) is 11.8. The van der Waals surface area contributed by atoms with E-state index in [-0.39, 0.29) is 6.10 Å². The molecule has 12 heteroatoms. The number of rotatable bonds is 9. The fourth-order valence-corrected chi connectivity index (χ4v) is 4.35. The number of fused-ring (bicyclic) bond motifs is 1. The predicted octanol–water partition coefficient (Wildman–Crippen LogP) is 1.17. The summed E-state index contributed by atoms with van der Waals surface area (Å²) in [6.45, 7) is 5.76. The van der Waals surface area contributed by atoms with Crippen LogP contribution in [0.4, 0.5) is 0 Å². The van der Waals surface area contributed by atoms with Gasteiger partial charge in [-0.3, -0.25) is 19.4 Å². The van der Waals surface area contributed by atoms with E-state index in [4.69, 9.17) is 10.2 Å². The molecule has 1 saturated heterocycles. The molecule has 1 fully saturated rings. The summed E-state index contributed by atoms with van der Waals surface area (Å²) in [6.07, 6.45) is 1.95. The molecule has 3 aromatic rings. The van der Waals surface area contributed by atoms with E-state index in [1.807, 2.05) is 0 Å². The average molecular weight is 489 g/mol. The second-order valence-corrected chi connectivity index (χ2v) is 8.78. The molecule has 34 heavy (non-hydrogen) atoms. The summed E-state index contributed by atoms with van der Waals surface area (Å²) < 4.78 is 0. The van der Waals surface area contributed by atoms with Crippen LogP contribution in [0.3, 0.4) is 0 Å². The highest BCUT2D eigenvalue weighted by molar-refractivity contribution is 7.99. The Balaban J connectivity index is 0.000000406. The van der Waals surface area contributed by atoms with Gasteiger partial charge in [-0.05, 0) is 5.56 Å². The molecule has 0 bridgehead atoms. The summed E-state index contributed by atoms with van der Waals surface area (Å²) in [5.41, 5.74) is 2.86. The summed E-state index contributed by atoms with van der Waals surface area (Å²) in [4.78, 5) is 39.3. The van der Waals surface area contributed by atoms with Gasteiger partial charge in [-0.25, -0.2) is 15.0 Å². The number of carboxylic acids is 2. The van der Waals surface area contributed by atoms with Crippen molar-refractivity contribution in [3.05, 3.63) is 48.5 Å². The summed E-state index contributed by atoms with van der Waals surface area (Å²) >= 11 is 1.54. The highest BCUT2D eigenvalue weighted by Crippen LogP contribution is 2.22. The minimum atomic E-state index is -1.31. The quantitative estimate of drug-likeness (QED) is 0.195. The molecular formula is C22H28N6O5S. The Kier molecular flexibility index (Phi) is 9.76. The van der Waals surface area contributed by atoms with Crippen LogP contribution < -0.4 is 0 Å². The van der Waals surface area contributed by atoms with Crippen molar-refractivity contribution < 1.29 is 24.9 Å². The smallest absolute Gasteiger partial charge is 0.314 e. The molecular weight excluding hydrogens is 460 g/mol. The number of imidazole rings is 1. The molecule has 3 heterocycles. The number of thioether (sulfide) groups is 1. The maximum absolute atomic E-state index is 10.4. The van der Waals surface area contributed by atoms with E-state index in [9.17, 15) is 14.7 Å². The van der Waals surface area contributed by atoms with E-state index in [1.165, 1.54) is 11.9 Å². The molecule has 1 aliphatic rings. The average Bonchev–Trinajstić information content (AvgIpc) is 3.29. The second kappa shape index (κ2) is 13.0. The molecule has 4 N–H and O–H groups in total. The largest absolute Gasteiger partial charge is 0.481 e. The number of aliphatic hydroxyl groups excluding tert-OH is 1. The third kappa shape index (κ3) is 8.37. The van der Waals surface area contributed by atoms with Crippen LogP contribution in [-0.4, -0.2) is 102 Å². The van der Waals surface area contributed by atoms with Gasteiger partial charge in [0.25, 0.3) is 0 Å². The van der Waals surface area contributed by atoms with Crippen molar-refractivity contribution in [3.8, 4) is 0 Å². The first-order valence-electron chi connectivity index (χ1n) is 10.8. The Morgan fingerprint density at radius 1 is 1.00 bits per heavy atom. The predicted molar refractivity (Wildman–Crippen MR) is 126 cm³/mol. The molecule has 182 valence electrons. The fraction of sp³-hybridized carbons (Fsp3) is 0.409. The maximum atomic E-state index is 10.4. The minimum absolute atomic E-state index is 0.386. The fourth-order valence-electron chi connectivity index (χ4n) is 3.48. The SMILES string of the molecule is O=C(O)CC(=O)O.OC(CSc1ncnc2nc[nH]c12)CN1CCN(Cc2ccccc2)CC1. The number of hydrogen-bond donors (Lipinski definition) is 4. The Labute approximate surface area is 200 Å². The number of aliphatic carboxylic acids is 2. The number of nitrogens with zero attached hydrogens (tertiary/aromatic N) is 5. The van der Waals surface area contributed by atoms with Crippen LogP contribution in [0.1, 0.15) is 12.0 Å². The molecule has 0 amide bonds. The van der Waals surface area contributed by atoms with Crippen LogP contribution in [0.15, 0.2) is 48.0 Å². The van der Waals surface area contributed by atoms with Gasteiger partial charge in [-0.1, -0.05) is 30.3 Å². The van der Waals surface area contributed by atoms with Gasteiger partial charge in [-0.15, -0.1) is 11.8 Å². The zero-order valence-electron chi connectivity index (χ0n) is 18.6. The van der Waals surface area contributed by atoms with Crippen LogP contribution in [0.2, 0.25) is 0 Å². The molecule has 1 aliphatic heterocycles. The zero-order chi connectivity index (χ0) is 24.3. The van der Waals surface area contributed by atoms with E-state index >= 15 is 0 Å². The van der Waals surface area contributed by atoms with Crippen LogP contribution in [0.5, 0.6) is 0 Å². The van der Waals surface area contributed by atoms with Crippen molar-refractivity contribution in [3.63, 3.8) is 0 Å². The van der Waals surface area contributed by atoms with E-state index in [1.54, 1.807) is 18.1 Å². The molecule has 1 aromatic carbocycles. The van der Waals surface area contributed by atoms with Crippen LogP contribution in [0, 0.1) is 0 Å². The standard InChI is InChI=1S/C19H24N6OS.C3H4O4/c26-16(12-27-19-17-18(21-13-20-17)22-14-23-19)11-25-8-6-24(7-9-25)10-15-4-2-1-3-5-15;4-2(5)1-3(6)7/h1-5,13-14,16,26H,6-12H2,(H,20,21,22,23);1H2,(H,4,5)(H,6,7). The molecule has 1 unspecified atom stereocenters. The third-order valence-corrected chi connectivity index (χ3v) is 6.22. The highest BCUT2D eigenvalue weighted by Gasteiger charge is 2.20. The number of aromatic nitrogens is 4. The monoisotopic (exact) mass is 488 g/mol. The lowest BCUT2D eigenvalue weighted by atomic mass is 10.2. The lowest BCUT2D eigenvalue weighted by molar-refractivity contribution is -0.147. The first-order chi connectivity index (χ1) is 16.4. The van der Waals surface area contributed by atoms with E-state index < -0.39 is 18.4 Å². The molecule has 0 aliphatic carbocycles. The number of H-pyrrole nitrogens is 1. The minimum Gasteiger partial charge on any atom is -0.481 e. The van der Waals surface area contributed by atoms with E-state index in [0.29, 0.717) is 17.9 Å². The summed E-state index contributed by atoms with van der Waals surface area (Å²) in [6, 6.07) is 10.6. The molecule has 0 saturated carbocycles. The van der Waals surface area contributed by atoms with Crippen molar-refractivity contribution in [1.82, 2.24) is 29.7 Å². The van der Waals surface area contributed by atoms with Gasteiger partial charge >= 0.3 is 11.9 Å². The number of hydrogen-bond acceptors (Lipinski definition) is 9. The van der Waals surface area contributed by atoms with Crippen molar-refractivity contribution in [2.45, 2.75) is 24.1 Å². The van der Waals surface area contributed by atoms with Crippen LogP contribution in [-0.2, 0) is 16.1 Å². The van der Waals surface area contributed by atoms with E-state index in [0.717, 1.165) is 43.3 Å². The molecule has 0 radical (unpaired) electrons. The van der Waals surface area contributed by atoms with E-state index in [2.05, 4.69) is 60.1 Å². The molecule has 0 spiro atoms. The third-order valence-electron chi connectivity index (χ3n) is 5.09. The Morgan fingerprint density at radius 2 is 1.68 bits per heavy atom. The van der Waals surface area contributed by atoms with Gasteiger partial charge in [0.1, 0.15) is 23.3 Å². The number of carboxylic acid groups (broad SMARTS) is 2. The first kappa shape index (κ1) is 25.6. The molecule has 2 aromatic heterocycles. The normalized spacial score (nSPS) is 15.4. The van der Waals surface area contributed by atoms with Crippen LogP contribution >= 0.6 is 11.8 Å². The lowest BCUT2D eigenvalue weighted by Gasteiger charge is -2.35. The van der Waals surface area contributed by atoms with Gasteiger partial charge in [0.15, 0.2) is 5.65 Å². The Bertz CT molecular complexity index is 1050. The number of carbonyl (C=O) groups is 2. The number of piperazine rings is 1. The Morgan fingerprint density at radius 3 is 2.32 bits per heavy atom. The highest BCUT2D eigenvalue weighted by atomic mass is 32.2. The van der Waals surface area contributed by atoms with Crippen molar-refractivity contribution >= 4 is 34.9 Å². The van der Waals surface area contributed by atoms with Gasteiger partial charge in [0.2, 0.25) is 0 Å². The van der Waals surface area contributed by atoms with Gasteiger partial charge in [0, 0.05) is 45.0 Å². The number of aromatic amines is 1. The molecule has 4 rings (SSSR count). The number of benzene rings is 1. The summed E-state index contributed by atoms with van der Waals surface area (Å²) in [5.74, 6) is -2.02. The summed E-state index contributed by atoms with van der Waals surface area (Å²) in [5, 5.41) is 26.7. The van der Waals surface area contributed by atoms with Gasteiger partial charge in [-0.2, -0.15) is 0 Å². The van der Waals surface area contributed by atoms with Crippen molar-refractivity contribution in [1.29, 1.82) is 0 Å². The second-order valence-electron chi connectivity index (χ2n) is 7.77. The topological polar surface area (TPSA) is 156 Å².